The van der Waals surface area contributed by atoms with E-state index in [2.05, 4.69) is 10.3 Å². The van der Waals surface area contributed by atoms with E-state index in [1.165, 1.54) is 10.5 Å². The number of nitrogens with zero attached hydrogens (tertiary/aromatic N) is 2. The van der Waals surface area contributed by atoms with Gasteiger partial charge in [0.2, 0.25) is 5.91 Å². The summed E-state index contributed by atoms with van der Waals surface area (Å²) in [5, 5.41) is 2.79. The molecule has 8 heteroatoms. The summed E-state index contributed by atoms with van der Waals surface area (Å²) in [4.78, 5) is 16.1. The summed E-state index contributed by atoms with van der Waals surface area (Å²) in [7, 11) is 0. The lowest BCUT2D eigenvalue weighted by Crippen LogP contribution is -2.25. The van der Waals surface area contributed by atoms with E-state index in [9.17, 15) is 18.0 Å². The first-order valence-electron chi connectivity index (χ1n) is 8.91. The number of halogens is 3. The number of carbonyl (C=O) groups excluding carboxylic acids is 1. The first kappa shape index (κ1) is 19.7. The zero-order chi connectivity index (χ0) is 20.0. The number of amides is 1. The van der Waals surface area contributed by atoms with Crippen molar-refractivity contribution in [3.8, 4) is 5.75 Å². The lowest BCUT2D eigenvalue weighted by atomic mass is 10.3. The maximum absolute atomic E-state index is 12.7. The Hall–Kier alpha value is -3.03. The molecule has 0 saturated carbocycles. The number of aromatic nitrogens is 2. The molecule has 1 aromatic carbocycles. The molecular formula is C20H20F3N3O2. The highest BCUT2D eigenvalue weighted by atomic mass is 19.4. The van der Waals surface area contributed by atoms with Crippen molar-refractivity contribution < 1.29 is 22.7 Å². The number of para-hydroxylation sites is 1. The maximum Gasteiger partial charge on any atom is 0.417 e. The smallest absolute Gasteiger partial charge is 0.417 e. The molecule has 0 saturated heterocycles. The molecule has 1 amide bonds. The van der Waals surface area contributed by atoms with Crippen LogP contribution >= 0.6 is 0 Å². The van der Waals surface area contributed by atoms with Gasteiger partial charge >= 0.3 is 6.18 Å². The van der Waals surface area contributed by atoms with Crippen molar-refractivity contribution in [2.75, 3.05) is 13.2 Å². The third-order valence-corrected chi connectivity index (χ3v) is 4.09. The number of carbonyl (C=O) groups is 1. The summed E-state index contributed by atoms with van der Waals surface area (Å²) in [6, 6.07) is 11.7. The Morgan fingerprint density at radius 3 is 2.64 bits per heavy atom. The lowest BCUT2D eigenvalue weighted by molar-refractivity contribution is -0.137. The molecule has 0 aliphatic carbocycles. The normalized spacial score (nSPS) is 11.5. The molecule has 0 radical (unpaired) electrons. The van der Waals surface area contributed by atoms with Gasteiger partial charge in [-0.1, -0.05) is 18.2 Å². The Bertz CT molecular complexity index is 923. The van der Waals surface area contributed by atoms with Crippen molar-refractivity contribution >= 4 is 11.6 Å². The van der Waals surface area contributed by atoms with Gasteiger partial charge in [-0.2, -0.15) is 13.2 Å². The maximum atomic E-state index is 12.7. The molecule has 0 spiro atoms. The van der Waals surface area contributed by atoms with E-state index in [0.717, 1.165) is 18.0 Å². The van der Waals surface area contributed by atoms with Gasteiger partial charge in [0.1, 0.15) is 11.4 Å². The van der Waals surface area contributed by atoms with Gasteiger partial charge in [-0.3, -0.25) is 4.79 Å². The van der Waals surface area contributed by atoms with E-state index in [1.54, 1.807) is 6.20 Å². The minimum atomic E-state index is -4.39. The zero-order valence-corrected chi connectivity index (χ0v) is 15.1. The highest BCUT2D eigenvalue weighted by Crippen LogP contribution is 2.29. The minimum absolute atomic E-state index is 0.0974. The fourth-order valence-electron chi connectivity index (χ4n) is 2.69. The van der Waals surface area contributed by atoms with Crippen molar-refractivity contribution in [2.24, 2.45) is 0 Å². The van der Waals surface area contributed by atoms with Crippen molar-refractivity contribution in [3.05, 3.63) is 66.1 Å². The first-order chi connectivity index (χ1) is 13.4. The van der Waals surface area contributed by atoms with E-state index < -0.39 is 11.7 Å². The summed E-state index contributed by atoms with van der Waals surface area (Å²) < 4.78 is 45.1. The van der Waals surface area contributed by atoms with Crippen LogP contribution in [0.1, 0.15) is 24.1 Å². The van der Waals surface area contributed by atoms with Crippen LogP contribution in [0.5, 0.6) is 5.75 Å². The second-order valence-electron chi connectivity index (χ2n) is 6.28. The highest BCUT2D eigenvalue weighted by Gasteiger charge is 2.30. The number of hydrogen-bond acceptors (Lipinski definition) is 3. The number of nitrogens with one attached hydrogen (secondary N) is 1. The van der Waals surface area contributed by atoms with Crippen molar-refractivity contribution in [3.63, 3.8) is 0 Å². The molecule has 3 rings (SSSR count). The van der Waals surface area contributed by atoms with Crippen LogP contribution in [0.4, 0.5) is 13.2 Å². The number of imidazole rings is 1. The van der Waals surface area contributed by atoms with Crippen LogP contribution in [0, 0.1) is 0 Å². The van der Waals surface area contributed by atoms with Gasteiger partial charge in [0.25, 0.3) is 0 Å². The minimum Gasteiger partial charge on any atom is -0.494 e. The Morgan fingerprint density at radius 2 is 1.89 bits per heavy atom. The van der Waals surface area contributed by atoms with E-state index in [1.807, 2.05) is 30.3 Å². The SMILES string of the molecule is O=C(CCCOc1ccccc1)NCCc1cn2cc(C(F)(F)F)ccc2n1. The Morgan fingerprint density at radius 1 is 1.11 bits per heavy atom. The fourth-order valence-corrected chi connectivity index (χ4v) is 2.69. The molecule has 2 heterocycles. The molecule has 1 N–H and O–H groups in total. The Balaban J connectivity index is 1.40. The second kappa shape index (κ2) is 8.77. The fraction of sp³-hybridized carbons (Fsp3) is 0.300. The van der Waals surface area contributed by atoms with Crippen molar-refractivity contribution in [2.45, 2.75) is 25.4 Å². The van der Waals surface area contributed by atoms with Crippen LogP contribution in [0.3, 0.4) is 0 Å². The first-order valence-corrected chi connectivity index (χ1v) is 8.91. The molecule has 0 atom stereocenters. The van der Waals surface area contributed by atoms with Crippen LogP contribution in [0.2, 0.25) is 0 Å². The van der Waals surface area contributed by atoms with Gasteiger partial charge < -0.3 is 14.5 Å². The highest BCUT2D eigenvalue weighted by molar-refractivity contribution is 5.75. The van der Waals surface area contributed by atoms with E-state index in [0.29, 0.717) is 43.8 Å². The van der Waals surface area contributed by atoms with Gasteiger partial charge in [0, 0.05) is 31.8 Å². The quantitative estimate of drug-likeness (QED) is 0.593. The molecule has 0 aliphatic rings. The van der Waals surface area contributed by atoms with Gasteiger partial charge in [0.05, 0.1) is 17.9 Å². The molecule has 5 nitrogen and oxygen atoms in total. The van der Waals surface area contributed by atoms with Crippen LogP contribution in [0.15, 0.2) is 54.9 Å². The van der Waals surface area contributed by atoms with Crippen LogP contribution in [-0.2, 0) is 17.4 Å². The molecule has 0 bridgehead atoms. The number of hydrogen-bond donors (Lipinski definition) is 1. The number of rotatable bonds is 8. The molecular weight excluding hydrogens is 371 g/mol. The average molecular weight is 391 g/mol. The largest absolute Gasteiger partial charge is 0.494 e. The molecule has 28 heavy (non-hydrogen) atoms. The topological polar surface area (TPSA) is 55.6 Å². The van der Waals surface area contributed by atoms with Gasteiger partial charge in [-0.15, -0.1) is 0 Å². The number of ether oxygens (including phenoxy) is 1. The van der Waals surface area contributed by atoms with Gasteiger partial charge in [0.15, 0.2) is 0 Å². The third-order valence-electron chi connectivity index (χ3n) is 4.09. The number of alkyl halides is 3. The number of benzene rings is 1. The molecule has 3 aromatic rings. The third kappa shape index (κ3) is 5.48. The molecule has 2 aromatic heterocycles. The lowest BCUT2D eigenvalue weighted by Gasteiger charge is -2.06. The van der Waals surface area contributed by atoms with E-state index >= 15 is 0 Å². The van der Waals surface area contributed by atoms with Crippen LogP contribution in [0.25, 0.3) is 5.65 Å². The Labute approximate surface area is 160 Å². The summed E-state index contributed by atoms with van der Waals surface area (Å²) in [5.74, 6) is 0.670. The van der Waals surface area contributed by atoms with Crippen LogP contribution in [-0.4, -0.2) is 28.4 Å². The molecule has 0 fully saturated rings. The van der Waals surface area contributed by atoms with E-state index in [4.69, 9.17) is 4.74 Å². The average Bonchev–Trinajstić information content (AvgIpc) is 3.07. The monoisotopic (exact) mass is 391 g/mol. The van der Waals surface area contributed by atoms with Crippen LogP contribution < -0.4 is 10.1 Å². The van der Waals surface area contributed by atoms with E-state index in [-0.39, 0.29) is 5.91 Å². The van der Waals surface area contributed by atoms with Gasteiger partial charge in [-0.05, 0) is 30.7 Å². The predicted octanol–water partition coefficient (Wildman–Crippen LogP) is 3.87. The summed E-state index contributed by atoms with van der Waals surface area (Å²) in [6.07, 6.45) is -0.462. The second-order valence-corrected chi connectivity index (χ2v) is 6.28. The van der Waals surface area contributed by atoms with Crippen molar-refractivity contribution in [1.82, 2.24) is 14.7 Å². The standard InChI is InChI=1S/C20H20F3N3O2/c21-20(22,23)15-8-9-18-25-16(14-26(18)13-15)10-11-24-19(27)7-4-12-28-17-5-2-1-3-6-17/h1-3,5-6,8-9,13-14H,4,7,10-12H2,(H,24,27). The summed E-state index contributed by atoms with van der Waals surface area (Å²) in [5.41, 5.74) is 0.328. The molecule has 148 valence electrons. The number of pyridine rings is 1. The summed E-state index contributed by atoms with van der Waals surface area (Å²) >= 11 is 0. The van der Waals surface area contributed by atoms with Gasteiger partial charge in [-0.25, -0.2) is 4.98 Å². The zero-order valence-electron chi connectivity index (χ0n) is 15.1. The Kier molecular flexibility index (Phi) is 6.18. The summed E-state index contributed by atoms with van der Waals surface area (Å²) in [6.45, 7) is 0.819. The number of fused-ring (bicyclic) bond motifs is 1. The molecule has 0 unspecified atom stereocenters. The molecule has 0 aliphatic heterocycles. The predicted molar refractivity (Wildman–Crippen MR) is 98.1 cm³/mol. The van der Waals surface area contributed by atoms with Crippen molar-refractivity contribution in [1.29, 1.82) is 0 Å².